The lowest BCUT2D eigenvalue weighted by atomic mass is 9.84. The molecule has 0 radical (unpaired) electrons. The monoisotopic (exact) mass is 289 g/mol. The highest BCUT2D eigenvalue weighted by atomic mass is 16.2. The maximum absolute atomic E-state index is 12.3. The largest absolute Gasteiger partial charge is 0.358 e. The van der Waals surface area contributed by atoms with Crippen LogP contribution in [0, 0.1) is 15.9 Å². The number of aryl methyl sites for hydroxylation is 1. The summed E-state index contributed by atoms with van der Waals surface area (Å²) in [5.74, 6) is 0.0312. The van der Waals surface area contributed by atoms with Crippen molar-refractivity contribution in [3.63, 3.8) is 0 Å². The minimum absolute atomic E-state index is 0.0312. The SMILES string of the molecule is CNC(=O)[C@]1(C)C=c2ccc3c(c4ccc(c2=4)=C1)C=CCC3. The molecule has 4 rings (SSSR count). The van der Waals surface area contributed by atoms with E-state index in [1.807, 2.05) is 6.92 Å². The van der Waals surface area contributed by atoms with Crippen LogP contribution in [0.5, 0.6) is 0 Å². The molecule has 1 atom stereocenters. The van der Waals surface area contributed by atoms with Crippen LogP contribution in [0.2, 0.25) is 0 Å². The molecule has 0 spiro atoms. The summed E-state index contributed by atoms with van der Waals surface area (Å²) in [5, 5.41) is 7.67. The third-order valence-corrected chi connectivity index (χ3v) is 4.87. The highest BCUT2D eigenvalue weighted by Gasteiger charge is 2.29. The minimum Gasteiger partial charge on any atom is -0.358 e. The van der Waals surface area contributed by atoms with Crippen molar-refractivity contribution in [1.82, 2.24) is 5.32 Å². The second-order valence-corrected chi connectivity index (χ2v) is 6.40. The number of carbonyl (C=O) groups excluding carboxylic acids is 1. The predicted molar refractivity (Wildman–Crippen MR) is 89.5 cm³/mol. The van der Waals surface area contributed by atoms with Gasteiger partial charge in [0.15, 0.2) is 0 Å². The van der Waals surface area contributed by atoms with Gasteiger partial charge < -0.3 is 5.32 Å². The normalized spacial score (nSPS) is 21.7. The molecule has 0 heterocycles. The molecule has 0 fully saturated rings. The number of fused-ring (bicyclic) bond motifs is 2. The Morgan fingerprint density at radius 2 is 1.86 bits per heavy atom. The van der Waals surface area contributed by atoms with E-state index >= 15 is 0 Å². The molecule has 0 aromatic heterocycles. The van der Waals surface area contributed by atoms with Gasteiger partial charge in [-0.25, -0.2) is 0 Å². The molecule has 0 saturated carbocycles. The number of allylic oxidation sites excluding steroid dienone is 1. The van der Waals surface area contributed by atoms with Crippen molar-refractivity contribution in [3.05, 3.63) is 62.3 Å². The Kier molecular flexibility index (Phi) is 2.77. The molecule has 22 heavy (non-hydrogen) atoms. The summed E-state index contributed by atoms with van der Waals surface area (Å²) >= 11 is 0. The maximum atomic E-state index is 12.3. The van der Waals surface area contributed by atoms with Gasteiger partial charge in [0.1, 0.15) is 0 Å². The fourth-order valence-corrected chi connectivity index (χ4v) is 3.76. The fraction of sp³-hybridized carbons (Fsp3) is 0.250. The first-order chi connectivity index (χ1) is 10.6. The van der Waals surface area contributed by atoms with Gasteiger partial charge in [0.2, 0.25) is 5.91 Å². The lowest BCUT2D eigenvalue weighted by molar-refractivity contribution is -0.124. The third kappa shape index (κ3) is 1.77. The molecule has 2 heteroatoms. The lowest BCUT2D eigenvalue weighted by Crippen LogP contribution is -2.38. The number of hydrogen-bond donors (Lipinski definition) is 1. The second-order valence-electron chi connectivity index (χ2n) is 6.40. The number of hydrogen-bond acceptors (Lipinski definition) is 1. The molecule has 0 aromatic rings. The van der Waals surface area contributed by atoms with E-state index in [1.54, 1.807) is 7.05 Å². The molecule has 1 amide bonds. The van der Waals surface area contributed by atoms with Gasteiger partial charge in [-0.3, -0.25) is 4.79 Å². The first-order valence-electron chi connectivity index (χ1n) is 7.81. The molecule has 1 N–H and O–H groups in total. The van der Waals surface area contributed by atoms with Crippen molar-refractivity contribution in [2.24, 2.45) is 5.41 Å². The van der Waals surface area contributed by atoms with Crippen molar-refractivity contribution in [2.75, 3.05) is 7.05 Å². The zero-order chi connectivity index (χ0) is 15.3. The molecule has 4 aliphatic carbocycles. The summed E-state index contributed by atoms with van der Waals surface area (Å²) < 4.78 is 0. The predicted octanol–water partition coefficient (Wildman–Crippen LogP) is 1.70. The van der Waals surface area contributed by atoms with E-state index in [0.29, 0.717) is 0 Å². The average molecular weight is 289 g/mol. The highest BCUT2D eigenvalue weighted by molar-refractivity contribution is 5.95. The number of carbonyl (C=O) groups is 1. The minimum atomic E-state index is -0.590. The molecule has 0 aliphatic heterocycles. The van der Waals surface area contributed by atoms with Gasteiger partial charge in [-0.2, -0.15) is 0 Å². The molecular formula is C20H19NO. The first kappa shape index (κ1) is 13.3. The number of amides is 1. The van der Waals surface area contributed by atoms with Crippen LogP contribution in [0.4, 0.5) is 0 Å². The van der Waals surface area contributed by atoms with Crippen LogP contribution in [0.3, 0.4) is 0 Å². The van der Waals surface area contributed by atoms with Crippen molar-refractivity contribution in [2.45, 2.75) is 19.8 Å². The zero-order valence-corrected chi connectivity index (χ0v) is 12.9. The van der Waals surface area contributed by atoms with E-state index in [2.05, 4.69) is 53.9 Å². The summed E-state index contributed by atoms with van der Waals surface area (Å²) in [4.78, 5) is 12.3. The molecule has 4 aliphatic rings. The first-order valence-corrected chi connectivity index (χ1v) is 7.81. The van der Waals surface area contributed by atoms with Crippen LogP contribution in [-0.4, -0.2) is 13.0 Å². The number of rotatable bonds is 1. The van der Waals surface area contributed by atoms with Gasteiger partial charge in [-0.15, -0.1) is 0 Å². The molecule has 2 nitrogen and oxygen atoms in total. The molecule has 0 aromatic carbocycles. The maximum Gasteiger partial charge on any atom is 0.233 e. The second kappa shape index (κ2) is 4.57. The molecule has 110 valence electrons. The van der Waals surface area contributed by atoms with Crippen molar-refractivity contribution >= 4 is 24.1 Å². The van der Waals surface area contributed by atoms with Gasteiger partial charge in [0.05, 0.1) is 5.41 Å². The summed E-state index contributed by atoms with van der Waals surface area (Å²) in [6.07, 6.45) is 10.9. The Balaban J connectivity index is 2.17. The Morgan fingerprint density at radius 3 is 2.59 bits per heavy atom. The van der Waals surface area contributed by atoms with Crippen molar-refractivity contribution in [1.29, 1.82) is 0 Å². The number of nitrogens with one attached hydrogen (secondary N) is 1. The Labute approximate surface area is 129 Å². The Hall–Kier alpha value is -2.35. The van der Waals surface area contributed by atoms with E-state index in [9.17, 15) is 4.79 Å². The van der Waals surface area contributed by atoms with E-state index in [-0.39, 0.29) is 5.91 Å². The lowest BCUT2D eigenvalue weighted by Gasteiger charge is -2.21. The Bertz CT molecular complexity index is 999. The van der Waals surface area contributed by atoms with Gasteiger partial charge in [0.25, 0.3) is 0 Å². The van der Waals surface area contributed by atoms with E-state index in [1.165, 1.54) is 21.6 Å². The highest BCUT2D eigenvalue weighted by Crippen LogP contribution is 2.24. The van der Waals surface area contributed by atoms with Crippen LogP contribution in [0.1, 0.15) is 24.5 Å². The Morgan fingerprint density at radius 1 is 1.14 bits per heavy atom. The van der Waals surface area contributed by atoms with Gasteiger partial charge >= 0.3 is 0 Å². The summed E-state index contributed by atoms with van der Waals surface area (Å²) in [6.45, 7) is 1.97. The van der Waals surface area contributed by atoms with Crippen LogP contribution in [0.25, 0.3) is 18.2 Å². The summed E-state index contributed by atoms with van der Waals surface area (Å²) in [7, 11) is 1.69. The molecule has 0 saturated heterocycles. The smallest absolute Gasteiger partial charge is 0.233 e. The molecular weight excluding hydrogens is 270 g/mol. The van der Waals surface area contributed by atoms with Crippen LogP contribution >= 0.6 is 0 Å². The molecule has 0 bridgehead atoms. The van der Waals surface area contributed by atoms with E-state index in [4.69, 9.17) is 0 Å². The summed E-state index contributed by atoms with van der Waals surface area (Å²) in [5.41, 5.74) is 2.14. The van der Waals surface area contributed by atoms with Crippen molar-refractivity contribution in [3.8, 4) is 0 Å². The molecule has 0 unspecified atom stereocenters. The average Bonchev–Trinajstić information content (AvgIpc) is 2.88. The quantitative estimate of drug-likeness (QED) is 0.850. The third-order valence-electron chi connectivity index (χ3n) is 4.87. The fourth-order valence-electron chi connectivity index (χ4n) is 3.76. The van der Waals surface area contributed by atoms with Crippen LogP contribution in [-0.2, 0) is 11.2 Å². The van der Waals surface area contributed by atoms with Gasteiger partial charge in [-0.1, -0.05) is 48.6 Å². The standard InChI is InChI=1S/C20H19NO/c1-20(19(22)21-2)11-14-8-7-13-5-3-4-6-16(13)17-10-9-15(12-20)18(14)17/h4,6-12H,3,5H2,1-2H3,(H,21,22)/t20-/m1/s1. The summed E-state index contributed by atoms with van der Waals surface area (Å²) in [6, 6.07) is 8.75. The van der Waals surface area contributed by atoms with Gasteiger partial charge in [0, 0.05) is 7.05 Å². The van der Waals surface area contributed by atoms with Crippen LogP contribution < -0.4 is 15.8 Å². The van der Waals surface area contributed by atoms with E-state index in [0.717, 1.165) is 23.3 Å². The zero-order valence-electron chi connectivity index (χ0n) is 12.9. The van der Waals surface area contributed by atoms with Gasteiger partial charge in [-0.05, 0) is 51.8 Å². The van der Waals surface area contributed by atoms with Crippen molar-refractivity contribution < 1.29 is 4.79 Å². The van der Waals surface area contributed by atoms with E-state index < -0.39 is 5.41 Å². The van der Waals surface area contributed by atoms with Crippen LogP contribution in [0.15, 0.2) is 30.3 Å². The topological polar surface area (TPSA) is 29.1 Å².